The normalized spacial score (nSPS) is 18.4. The number of allylic oxidation sites excluding steroid dienone is 9. The van der Waals surface area contributed by atoms with Crippen LogP contribution in [0.3, 0.4) is 0 Å². The maximum Gasteiger partial charge on any atom is 0.246 e. The molecule has 28 heavy (non-hydrogen) atoms. The Hall–Kier alpha value is -1.91. The standard InChI is InChI=1S/C24H37NO3/c1-19(11-12-22-21(3)10-7-13-24(22,4)5)8-6-9-20(2)18-23(28)25(14-16-26)15-17-27/h6,8-9,11-12,18,26-27H,7,10,13-17H2,1-5H3. The molecule has 1 rings (SSSR count). The third-order valence-electron chi connectivity index (χ3n) is 5.18. The summed E-state index contributed by atoms with van der Waals surface area (Å²) in [5.74, 6) is -0.201. The van der Waals surface area contributed by atoms with Crippen molar-refractivity contribution in [2.45, 2.75) is 53.9 Å². The van der Waals surface area contributed by atoms with E-state index in [1.165, 1.54) is 41.4 Å². The molecule has 0 aromatic heterocycles. The second-order valence-corrected chi connectivity index (χ2v) is 8.20. The van der Waals surface area contributed by atoms with E-state index in [1.807, 2.05) is 25.2 Å². The van der Waals surface area contributed by atoms with E-state index in [2.05, 4.69) is 39.8 Å². The van der Waals surface area contributed by atoms with Crippen LogP contribution in [-0.4, -0.2) is 47.3 Å². The molecule has 0 aromatic rings. The Morgan fingerprint density at radius 3 is 2.32 bits per heavy atom. The SMILES string of the molecule is CC(C=CC1=C(C)CCCC1(C)C)=CC=CC(C)=CC(=O)N(CCO)CCO. The van der Waals surface area contributed by atoms with Crippen LogP contribution in [-0.2, 0) is 4.79 Å². The molecule has 0 aromatic carbocycles. The van der Waals surface area contributed by atoms with Gasteiger partial charge in [-0.15, -0.1) is 0 Å². The predicted molar refractivity (Wildman–Crippen MR) is 117 cm³/mol. The highest BCUT2D eigenvalue weighted by atomic mass is 16.3. The summed E-state index contributed by atoms with van der Waals surface area (Å²) < 4.78 is 0. The van der Waals surface area contributed by atoms with Gasteiger partial charge < -0.3 is 15.1 Å². The van der Waals surface area contributed by atoms with Crippen molar-refractivity contribution in [1.82, 2.24) is 4.90 Å². The lowest BCUT2D eigenvalue weighted by atomic mass is 9.72. The van der Waals surface area contributed by atoms with Gasteiger partial charge in [0.1, 0.15) is 0 Å². The van der Waals surface area contributed by atoms with Crippen molar-refractivity contribution in [1.29, 1.82) is 0 Å². The summed E-state index contributed by atoms with van der Waals surface area (Å²) in [6.45, 7) is 11.0. The largest absolute Gasteiger partial charge is 0.395 e. The van der Waals surface area contributed by atoms with Gasteiger partial charge in [-0.05, 0) is 56.6 Å². The zero-order valence-corrected chi connectivity index (χ0v) is 18.2. The molecule has 4 nitrogen and oxygen atoms in total. The minimum atomic E-state index is -0.201. The van der Waals surface area contributed by atoms with Crippen LogP contribution in [0.4, 0.5) is 0 Å². The highest BCUT2D eigenvalue weighted by Gasteiger charge is 2.26. The Kier molecular flexibility index (Phi) is 10.2. The summed E-state index contributed by atoms with van der Waals surface area (Å²) in [4.78, 5) is 13.6. The molecule has 2 N–H and O–H groups in total. The van der Waals surface area contributed by atoms with Crippen molar-refractivity contribution in [3.05, 3.63) is 58.7 Å². The number of rotatable bonds is 9. The highest BCUT2D eigenvalue weighted by Crippen LogP contribution is 2.40. The van der Waals surface area contributed by atoms with Crippen molar-refractivity contribution in [2.75, 3.05) is 26.3 Å². The third kappa shape index (κ3) is 7.99. The van der Waals surface area contributed by atoms with E-state index in [0.717, 1.165) is 11.1 Å². The summed E-state index contributed by atoms with van der Waals surface area (Å²) in [6, 6.07) is 0. The van der Waals surface area contributed by atoms with Gasteiger partial charge in [-0.2, -0.15) is 0 Å². The summed E-state index contributed by atoms with van der Waals surface area (Å²) in [5.41, 5.74) is 5.16. The molecule has 0 heterocycles. The van der Waals surface area contributed by atoms with Gasteiger partial charge in [0.25, 0.3) is 0 Å². The molecular weight excluding hydrogens is 350 g/mol. The lowest BCUT2D eigenvalue weighted by molar-refractivity contribution is -0.127. The van der Waals surface area contributed by atoms with Gasteiger partial charge in [0, 0.05) is 19.2 Å². The third-order valence-corrected chi connectivity index (χ3v) is 5.18. The number of carbonyl (C=O) groups is 1. The fourth-order valence-electron chi connectivity index (χ4n) is 3.54. The fourth-order valence-corrected chi connectivity index (χ4v) is 3.54. The van der Waals surface area contributed by atoms with Gasteiger partial charge >= 0.3 is 0 Å². The minimum absolute atomic E-state index is 0.116. The fraction of sp³-hybridized carbons (Fsp3) is 0.542. The maximum atomic E-state index is 12.2. The second-order valence-electron chi connectivity index (χ2n) is 8.20. The van der Waals surface area contributed by atoms with E-state index < -0.39 is 0 Å². The average Bonchev–Trinajstić information content (AvgIpc) is 2.60. The molecular formula is C24H37NO3. The van der Waals surface area contributed by atoms with Gasteiger partial charge in [-0.3, -0.25) is 4.79 Å². The van der Waals surface area contributed by atoms with Crippen molar-refractivity contribution in [2.24, 2.45) is 5.41 Å². The highest BCUT2D eigenvalue weighted by molar-refractivity contribution is 5.88. The molecule has 0 radical (unpaired) electrons. The first kappa shape index (κ1) is 24.1. The van der Waals surface area contributed by atoms with Crippen molar-refractivity contribution in [3.63, 3.8) is 0 Å². The van der Waals surface area contributed by atoms with Crippen LogP contribution in [0, 0.1) is 5.41 Å². The van der Waals surface area contributed by atoms with Gasteiger partial charge in [0.05, 0.1) is 13.2 Å². The molecule has 1 aliphatic carbocycles. The molecule has 0 bridgehead atoms. The Morgan fingerprint density at radius 2 is 1.75 bits per heavy atom. The Morgan fingerprint density at radius 1 is 1.11 bits per heavy atom. The summed E-state index contributed by atoms with van der Waals surface area (Å²) >= 11 is 0. The quantitative estimate of drug-likeness (QED) is 0.457. The molecule has 0 fully saturated rings. The first-order valence-corrected chi connectivity index (χ1v) is 10.1. The van der Waals surface area contributed by atoms with Gasteiger partial charge in [-0.1, -0.05) is 55.4 Å². The summed E-state index contributed by atoms with van der Waals surface area (Å²) in [6.07, 6.45) is 15.5. The van der Waals surface area contributed by atoms with Crippen LogP contribution in [0.25, 0.3) is 0 Å². The van der Waals surface area contributed by atoms with E-state index in [9.17, 15) is 4.79 Å². The molecule has 0 atom stereocenters. The maximum absolute atomic E-state index is 12.2. The van der Waals surface area contributed by atoms with Gasteiger partial charge in [0.15, 0.2) is 0 Å². The molecule has 0 spiro atoms. The van der Waals surface area contributed by atoms with Crippen LogP contribution in [0.5, 0.6) is 0 Å². The summed E-state index contributed by atoms with van der Waals surface area (Å²) in [7, 11) is 0. The van der Waals surface area contributed by atoms with E-state index in [-0.39, 0.29) is 37.6 Å². The zero-order valence-electron chi connectivity index (χ0n) is 18.2. The molecule has 0 saturated carbocycles. The van der Waals surface area contributed by atoms with E-state index in [1.54, 1.807) is 0 Å². The molecule has 1 aliphatic rings. The molecule has 0 unspecified atom stereocenters. The van der Waals surface area contributed by atoms with Crippen molar-refractivity contribution >= 4 is 5.91 Å². The Labute approximate surface area is 170 Å². The number of hydrogen-bond donors (Lipinski definition) is 2. The second kappa shape index (κ2) is 11.8. The lowest BCUT2D eigenvalue weighted by Crippen LogP contribution is -2.34. The van der Waals surface area contributed by atoms with Gasteiger partial charge in [-0.25, -0.2) is 0 Å². The minimum Gasteiger partial charge on any atom is -0.395 e. The molecule has 0 aliphatic heterocycles. The summed E-state index contributed by atoms with van der Waals surface area (Å²) in [5, 5.41) is 18.0. The topological polar surface area (TPSA) is 60.8 Å². The number of amides is 1. The Balaban J connectivity index is 2.75. The van der Waals surface area contributed by atoms with Crippen LogP contribution >= 0.6 is 0 Å². The lowest BCUT2D eigenvalue weighted by Gasteiger charge is -2.32. The number of aliphatic hydroxyl groups is 2. The molecule has 1 amide bonds. The molecule has 0 saturated heterocycles. The Bertz CT molecular complexity index is 672. The van der Waals surface area contributed by atoms with E-state index >= 15 is 0 Å². The molecule has 4 heteroatoms. The van der Waals surface area contributed by atoms with Crippen LogP contribution < -0.4 is 0 Å². The molecule has 156 valence electrons. The number of nitrogens with zero attached hydrogens (tertiary/aromatic N) is 1. The smallest absolute Gasteiger partial charge is 0.246 e. The van der Waals surface area contributed by atoms with Crippen LogP contribution in [0.15, 0.2) is 58.7 Å². The first-order chi connectivity index (χ1) is 13.2. The van der Waals surface area contributed by atoms with Crippen LogP contribution in [0.1, 0.15) is 53.9 Å². The van der Waals surface area contributed by atoms with Gasteiger partial charge in [0.2, 0.25) is 5.91 Å². The van der Waals surface area contributed by atoms with E-state index in [0.29, 0.717) is 0 Å². The number of aliphatic hydroxyl groups excluding tert-OH is 2. The average molecular weight is 388 g/mol. The van der Waals surface area contributed by atoms with Crippen molar-refractivity contribution < 1.29 is 15.0 Å². The predicted octanol–water partition coefficient (Wildman–Crippen LogP) is 4.33. The first-order valence-electron chi connectivity index (χ1n) is 10.1. The van der Waals surface area contributed by atoms with E-state index in [4.69, 9.17) is 10.2 Å². The number of hydrogen-bond acceptors (Lipinski definition) is 3. The number of carbonyl (C=O) groups excluding carboxylic acids is 1. The van der Waals surface area contributed by atoms with Crippen molar-refractivity contribution in [3.8, 4) is 0 Å². The zero-order chi connectivity index (χ0) is 21.2. The van der Waals surface area contributed by atoms with Crippen LogP contribution in [0.2, 0.25) is 0 Å². The monoisotopic (exact) mass is 387 g/mol.